The maximum atomic E-state index is 12.2. The molecular formula is C17H27ClN2O4S. The number of hydrogen-bond donors (Lipinski definition) is 1. The van der Waals surface area contributed by atoms with Gasteiger partial charge in [-0.05, 0) is 56.6 Å². The Morgan fingerprint density at radius 1 is 1.24 bits per heavy atom. The fourth-order valence-corrected chi connectivity index (χ4v) is 3.50. The molecule has 0 atom stereocenters. The van der Waals surface area contributed by atoms with Crippen molar-refractivity contribution >= 4 is 28.2 Å². The number of nitrogens with zero attached hydrogens (tertiary/aromatic N) is 1. The summed E-state index contributed by atoms with van der Waals surface area (Å²) in [6.45, 7) is 2.94. The molecule has 1 aliphatic rings. The van der Waals surface area contributed by atoms with E-state index >= 15 is 0 Å². The maximum absolute atomic E-state index is 12.2. The van der Waals surface area contributed by atoms with Gasteiger partial charge in [-0.3, -0.25) is 4.79 Å². The first-order valence-corrected chi connectivity index (χ1v) is 10.1. The van der Waals surface area contributed by atoms with Gasteiger partial charge in [0.25, 0.3) is 0 Å². The number of nitrogens with one attached hydrogen (secondary N) is 1. The van der Waals surface area contributed by atoms with Gasteiger partial charge >= 0.3 is 0 Å². The Kier molecular flexibility index (Phi) is 8.68. The first kappa shape index (κ1) is 21.7. The van der Waals surface area contributed by atoms with Crippen LogP contribution in [0.15, 0.2) is 29.2 Å². The Bertz CT molecular complexity index is 641. The third kappa shape index (κ3) is 6.84. The van der Waals surface area contributed by atoms with Crippen LogP contribution in [0.2, 0.25) is 0 Å². The second-order valence-corrected chi connectivity index (χ2v) is 8.24. The lowest BCUT2D eigenvalue weighted by atomic mass is 9.97. The van der Waals surface area contributed by atoms with E-state index in [0.29, 0.717) is 24.7 Å². The maximum Gasteiger partial charge on any atom is 0.225 e. The van der Waals surface area contributed by atoms with E-state index < -0.39 is 9.84 Å². The number of ether oxygens (including phenoxy) is 1. The van der Waals surface area contributed by atoms with Crippen molar-refractivity contribution in [3.05, 3.63) is 24.3 Å². The molecule has 1 aliphatic heterocycles. The van der Waals surface area contributed by atoms with Gasteiger partial charge in [-0.15, -0.1) is 12.4 Å². The Hall–Kier alpha value is -1.31. The smallest absolute Gasteiger partial charge is 0.225 e. The number of piperidine rings is 1. The van der Waals surface area contributed by atoms with Crippen LogP contribution in [0, 0.1) is 5.92 Å². The number of sulfone groups is 1. The van der Waals surface area contributed by atoms with Crippen molar-refractivity contribution < 1.29 is 17.9 Å². The summed E-state index contributed by atoms with van der Waals surface area (Å²) < 4.78 is 28.3. The van der Waals surface area contributed by atoms with Gasteiger partial charge in [0.15, 0.2) is 9.84 Å². The van der Waals surface area contributed by atoms with Gasteiger partial charge in [0.2, 0.25) is 5.91 Å². The largest absolute Gasteiger partial charge is 0.493 e. The number of rotatable bonds is 7. The molecule has 142 valence electrons. The molecule has 0 aromatic heterocycles. The van der Waals surface area contributed by atoms with E-state index in [9.17, 15) is 13.2 Å². The molecule has 0 bridgehead atoms. The molecule has 1 fully saturated rings. The molecule has 2 rings (SSSR count). The molecule has 0 unspecified atom stereocenters. The highest BCUT2D eigenvalue weighted by Crippen LogP contribution is 2.18. The first-order chi connectivity index (χ1) is 11.4. The summed E-state index contributed by atoms with van der Waals surface area (Å²) in [4.78, 5) is 14.4. The summed E-state index contributed by atoms with van der Waals surface area (Å²) in [5, 5.41) is 3.19. The number of benzene rings is 1. The minimum Gasteiger partial charge on any atom is -0.493 e. The molecule has 1 N–H and O–H groups in total. The van der Waals surface area contributed by atoms with Crippen molar-refractivity contribution in [1.82, 2.24) is 10.2 Å². The van der Waals surface area contributed by atoms with Crippen LogP contribution in [-0.4, -0.2) is 58.8 Å². The van der Waals surface area contributed by atoms with Crippen LogP contribution >= 0.6 is 12.4 Å². The SMILES string of the molecule is CNCC1CCN(C(=O)CCOc2ccc(S(C)(=O)=O)cc2)CC1.Cl. The topological polar surface area (TPSA) is 75.7 Å². The average Bonchev–Trinajstić information content (AvgIpc) is 2.55. The monoisotopic (exact) mass is 390 g/mol. The van der Waals surface area contributed by atoms with E-state index in [4.69, 9.17) is 4.74 Å². The van der Waals surface area contributed by atoms with Crippen molar-refractivity contribution in [2.75, 3.05) is 39.5 Å². The third-order valence-corrected chi connectivity index (χ3v) is 5.43. The predicted molar refractivity (Wildman–Crippen MR) is 100 cm³/mol. The van der Waals surface area contributed by atoms with Crippen LogP contribution in [0.25, 0.3) is 0 Å². The molecule has 1 aromatic carbocycles. The molecule has 0 spiro atoms. The zero-order valence-electron chi connectivity index (χ0n) is 14.7. The summed E-state index contributed by atoms with van der Waals surface area (Å²) in [7, 11) is -1.24. The molecule has 0 radical (unpaired) electrons. The molecule has 1 amide bonds. The highest BCUT2D eigenvalue weighted by molar-refractivity contribution is 7.90. The van der Waals surface area contributed by atoms with E-state index in [2.05, 4.69) is 5.32 Å². The Morgan fingerprint density at radius 2 is 1.84 bits per heavy atom. The van der Waals surface area contributed by atoms with E-state index in [0.717, 1.165) is 32.5 Å². The molecule has 6 nitrogen and oxygen atoms in total. The molecule has 0 aliphatic carbocycles. The second kappa shape index (κ2) is 9.99. The molecular weight excluding hydrogens is 364 g/mol. The average molecular weight is 391 g/mol. The number of carbonyl (C=O) groups is 1. The first-order valence-electron chi connectivity index (χ1n) is 8.25. The third-order valence-electron chi connectivity index (χ3n) is 4.30. The zero-order valence-corrected chi connectivity index (χ0v) is 16.4. The van der Waals surface area contributed by atoms with Gasteiger partial charge in [0.05, 0.1) is 17.9 Å². The summed E-state index contributed by atoms with van der Waals surface area (Å²) in [5.41, 5.74) is 0. The highest BCUT2D eigenvalue weighted by Gasteiger charge is 2.22. The van der Waals surface area contributed by atoms with Gasteiger partial charge in [-0.25, -0.2) is 8.42 Å². The minimum absolute atomic E-state index is 0. The van der Waals surface area contributed by atoms with Crippen LogP contribution < -0.4 is 10.1 Å². The van der Waals surface area contributed by atoms with Gasteiger partial charge in [0.1, 0.15) is 5.75 Å². The van der Waals surface area contributed by atoms with Crippen LogP contribution in [0.1, 0.15) is 19.3 Å². The Labute approximate surface area is 156 Å². The predicted octanol–water partition coefficient (Wildman–Crippen LogP) is 1.74. The standard InChI is InChI=1S/C17H26N2O4S.ClH/c1-18-13-14-7-10-19(11-8-14)17(20)9-12-23-15-3-5-16(6-4-15)24(2,21)22;/h3-6,14,18H,7-13H2,1-2H3;1H. The Balaban J connectivity index is 0.00000312. The summed E-state index contributed by atoms with van der Waals surface area (Å²) in [6, 6.07) is 6.26. The van der Waals surface area contributed by atoms with Crippen molar-refractivity contribution in [1.29, 1.82) is 0 Å². The summed E-state index contributed by atoms with van der Waals surface area (Å²) in [5.74, 6) is 1.34. The zero-order chi connectivity index (χ0) is 17.6. The van der Waals surface area contributed by atoms with Crippen molar-refractivity contribution in [3.8, 4) is 5.75 Å². The van der Waals surface area contributed by atoms with Gasteiger partial charge < -0.3 is 15.0 Å². The van der Waals surface area contributed by atoms with Crippen molar-refractivity contribution in [3.63, 3.8) is 0 Å². The molecule has 8 heteroatoms. The van der Waals surface area contributed by atoms with Gasteiger partial charge in [-0.1, -0.05) is 0 Å². The normalized spacial score (nSPS) is 15.5. The molecule has 0 saturated carbocycles. The second-order valence-electron chi connectivity index (χ2n) is 6.22. The lowest BCUT2D eigenvalue weighted by molar-refractivity contribution is -0.133. The van der Waals surface area contributed by atoms with Crippen LogP contribution in [0.4, 0.5) is 0 Å². The van der Waals surface area contributed by atoms with E-state index in [-0.39, 0.29) is 23.2 Å². The quantitative estimate of drug-likeness (QED) is 0.767. The van der Waals surface area contributed by atoms with Gasteiger partial charge in [0, 0.05) is 19.3 Å². The minimum atomic E-state index is -3.20. The van der Waals surface area contributed by atoms with Crippen LogP contribution in [0.5, 0.6) is 5.75 Å². The van der Waals surface area contributed by atoms with E-state index in [1.165, 1.54) is 18.4 Å². The molecule has 25 heavy (non-hydrogen) atoms. The van der Waals surface area contributed by atoms with Crippen LogP contribution in [0.3, 0.4) is 0 Å². The molecule has 1 heterocycles. The molecule has 1 saturated heterocycles. The fourth-order valence-electron chi connectivity index (χ4n) is 2.87. The lowest BCUT2D eigenvalue weighted by Gasteiger charge is -2.32. The fraction of sp³-hybridized carbons (Fsp3) is 0.588. The number of likely N-dealkylation sites (tertiary alicyclic amines) is 1. The summed E-state index contributed by atoms with van der Waals surface area (Å²) in [6.07, 6.45) is 3.59. The number of halogens is 1. The van der Waals surface area contributed by atoms with E-state index in [1.807, 2.05) is 11.9 Å². The van der Waals surface area contributed by atoms with Crippen LogP contribution in [-0.2, 0) is 14.6 Å². The van der Waals surface area contributed by atoms with Gasteiger partial charge in [-0.2, -0.15) is 0 Å². The molecule has 1 aromatic rings. The number of amides is 1. The Morgan fingerprint density at radius 3 is 2.36 bits per heavy atom. The number of hydrogen-bond acceptors (Lipinski definition) is 5. The lowest BCUT2D eigenvalue weighted by Crippen LogP contribution is -2.40. The van der Waals surface area contributed by atoms with Crippen molar-refractivity contribution in [2.24, 2.45) is 5.92 Å². The number of carbonyl (C=O) groups excluding carboxylic acids is 1. The van der Waals surface area contributed by atoms with Crippen molar-refractivity contribution in [2.45, 2.75) is 24.2 Å². The highest BCUT2D eigenvalue weighted by atomic mass is 35.5. The summed E-state index contributed by atoms with van der Waals surface area (Å²) >= 11 is 0. The van der Waals surface area contributed by atoms with E-state index in [1.54, 1.807) is 12.1 Å².